The Labute approximate surface area is 128 Å². The highest BCUT2D eigenvalue weighted by molar-refractivity contribution is 9.10. The van der Waals surface area contributed by atoms with Crippen molar-refractivity contribution in [3.63, 3.8) is 0 Å². The zero-order valence-electron chi connectivity index (χ0n) is 10.9. The molecule has 2 rings (SSSR count). The van der Waals surface area contributed by atoms with Gasteiger partial charge in [0.25, 0.3) is 5.91 Å². The summed E-state index contributed by atoms with van der Waals surface area (Å²) in [5.41, 5.74) is 0.745. The third kappa shape index (κ3) is 3.26. The Kier molecular flexibility index (Phi) is 4.34. The number of nitrogens with one attached hydrogen (secondary N) is 1. The Morgan fingerprint density at radius 2 is 1.95 bits per heavy atom. The van der Waals surface area contributed by atoms with Crippen molar-refractivity contribution in [2.45, 2.75) is 6.92 Å². The van der Waals surface area contributed by atoms with Crippen LogP contribution >= 0.6 is 15.9 Å². The molecule has 0 radical (unpaired) electrons. The number of aryl methyl sites for hydroxylation is 1. The maximum atomic E-state index is 13.6. The van der Waals surface area contributed by atoms with Crippen LogP contribution in [0.3, 0.4) is 0 Å². The minimum Gasteiger partial charge on any atom is -0.321 e. The van der Waals surface area contributed by atoms with Crippen LogP contribution in [0.1, 0.15) is 21.5 Å². The number of carbonyl (C=O) groups is 1. The lowest BCUT2D eigenvalue weighted by Gasteiger charge is -2.09. The first kappa shape index (κ1) is 15.1. The Morgan fingerprint density at radius 1 is 1.24 bits per heavy atom. The molecule has 3 nitrogen and oxygen atoms in total. The van der Waals surface area contributed by atoms with Gasteiger partial charge in [-0.1, -0.05) is 0 Å². The number of anilines is 1. The summed E-state index contributed by atoms with van der Waals surface area (Å²) in [4.78, 5) is 12.0. The third-order valence-corrected chi connectivity index (χ3v) is 3.50. The van der Waals surface area contributed by atoms with E-state index in [1.165, 1.54) is 25.1 Å². The first-order valence-corrected chi connectivity index (χ1v) is 6.68. The molecule has 0 saturated carbocycles. The molecule has 0 aliphatic rings. The third-order valence-electron chi connectivity index (χ3n) is 2.84. The van der Waals surface area contributed by atoms with Crippen molar-refractivity contribution in [2.75, 3.05) is 5.32 Å². The van der Waals surface area contributed by atoms with Gasteiger partial charge >= 0.3 is 0 Å². The maximum absolute atomic E-state index is 13.6. The van der Waals surface area contributed by atoms with Crippen LogP contribution in [0.5, 0.6) is 0 Å². The number of nitriles is 1. The Hall–Kier alpha value is -2.26. The molecule has 0 aromatic heterocycles. The number of hydrogen-bond donors (Lipinski definition) is 1. The standard InChI is InChI=1S/C15H9BrF2N2O/c1-8-4-10(13(18)6-12(8)17)15(21)20-14-3-2-9(7-19)5-11(14)16/h2-6H,1H3,(H,20,21). The molecule has 6 heteroatoms. The molecule has 0 bridgehead atoms. The van der Waals surface area contributed by atoms with Crippen LogP contribution in [0.15, 0.2) is 34.8 Å². The Morgan fingerprint density at radius 3 is 2.57 bits per heavy atom. The highest BCUT2D eigenvalue weighted by Crippen LogP contribution is 2.24. The van der Waals surface area contributed by atoms with E-state index in [1.807, 2.05) is 6.07 Å². The van der Waals surface area contributed by atoms with Crippen molar-refractivity contribution in [3.05, 3.63) is 63.1 Å². The fraction of sp³-hybridized carbons (Fsp3) is 0.0667. The number of nitrogens with zero attached hydrogens (tertiary/aromatic N) is 1. The van der Waals surface area contributed by atoms with Crippen molar-refractivity contribution < 1.29 is 13.6 Å². The van der Waals surface area contributed by atoms with Gasteiger partial charge in [-0.2, -0.15) is 5.26 Å². The molecule has 106 valence electrons. The van der Waals surface area contributed by atoms with Gasteiger partial charge in [0.1, 0.15) is 11.6 Å². The summed E-state index contributed by atoms with van der Waals surface area (Å²) in [5, 5.41) is 11.3. The van der Waals surface area contributed by atoms with Crippen LogP contribution in [0.4, 0.5) is 14.5 Å². The van der Waals surface area contributed by atoms with Crippen molar-refractivity contribution in [2.24, 2.45) is 0 Å². The molecular weight excluding hydrogens is 342 g/mol. The number of rotatable bonds is 2. The maximum Gasteiger partial charge on any atom is 0.258 e. The van der Waals surface area contributed by atoms with Crippen molar-refractivity contribution >= 4 is 27.5 Å². The summed E-state index contributed by atoms with van der Waals surface area (Å²) in [5.74, 6) is -2.33. The predicted molar refractivity (Wildman–Crippen MR) is 77.9 cm³/mol. The highest BCUT2D eigenvalue weighted by atomic mass is 79.9. The van der Waals surface area contributed by atoms with Crippen LogP contribution in [0, 0.1) is 29.9 Å². The van der Waals surface area contributed by atoms with Crippen LogP contribution in [0.25, 0.3) is 0 Å². The van der Waals surface area contributed by atoms with E-state index in [0.717, 1.165) is 6.07 Å². The zero-order valence-corrected chi connectivity index (χ0v) is 12.5. The summed E-state index contributed by atoms with van der Waals surface area (Å²) in [6.45, 7) is 1.45. The van der Waals surface area contributed by atoms with Gasteiger partial charge in [0.2, 0.25) is 0 Å². The Balaban J connectivity index is 2.31. The van der Waals surface area contributed by atoms with Gasteiger partial charge in [-0.25, -0.2) is 8.78 Å². The first-order chi connectivity index (χ1) is 9.92. The van der Waals surface area contributed by atoms with Crippen LogP contribution in [-0.4, -0.2) is 5.91 Å². The lowest BCUT2D eigenvalue weighted by atomic mass is 10.1. The van der Waals surface area contributed by atoms with Crippen LogP contribution < -0.4 is 5.32 Å². The average molecular weight is 351 g/mol. The van der Waals surface area contributed by atoms with Gasteiger partial charge in [-0.3, -0.25) is 4.79 Å². The molecule has 2 aromatic carbocycles. The molecule has 1 N–H and O–H groups in total. The van der Waals surface area contributed by atoms with Gasteiger partial charge in [-0.15, -0.1) is 0 Å². The molecule has 0 aliphatic carbocycles. The van der Waals surface area contributed by atoms with E-state index in [1.54, 1.807) is 0 Å². The van der Waals surface area contributed by atoms with Gasteiger partial charge in [-0.05, 0) is 52.7 Å². The lowest BCUT2D eigenvalue weighted by molar-refractivity contribution is 0.102. The van der Waals surface area contributed by atoms with Crippen molar-refractivity contribution in [1.82, 2.24) is 0 Å². The van der Waals surface area contributed by atoms with Crippen molar-refractivity contribution in [1.29, 1.82) is 5.26 Å². The second kappa shape index (κ2) is 6.02. The first-order valence-electron chi connectivity index (χ1n) is 5.89. The van der Waals surface area contributed by atoms with Crippen LogP contribution in [-0.2, 0) is 0 Å². The average Bonchev–Trinajstić information content (AvgIpc) is 2.44. The van der Waals surface area contributed by atoms with Gasteiger partial charge in [0.15, 0.2) is 0 Å². The summed E-state index contributed by atoms with van der Waals surface area (Å²) < 4.78 is 27.3. The van der Waals surface area contributed by atoms with Crippen molar-refractivity contribution in [3.8, 4) is 6.07 Å². The SMILES string of the molecule is Cc1cc(C(=O)Nc2ccc(C#N)cc2Br)c(F)cc1F. The van der Waals surface area contributed by atoms with Crippen LogP contribution in [0.2, 0.25) is 0 Å². The molecule has 0 unspecified atom stereocenters. The number of halogens is 3. The molecule has 21 heavy (non-hydrogen) atoms. The molecule has 0 aliphatic heterocycles. The monoisotopic (exact) mass is 350 g/mol. The second-order valence-electron chi connectivity index (χ2n) is 4.34. The predicted octanol–water partition coefficient (Wildman–Crippen LogP) is 4.16. The summed E-state index contributed by atoms with van der Waals surface area (Å²) in [7, 11) is 0. The lowest BCUT2D eigenvalue weighted by Crippen LogP contribution is -2.15. The fourth-order valence-electron chi connectivity index (χ4n) is 1.71. The summed E-state index contributed by atoms with van der Waals surface area (Å²) >= 11 is 3.21. The van der Waals surface area contributed by atoms with E-state index in [2.05, 4.69) is 21.2 Å². The number of hydrogen-bond acceptors (Lipinski definition) is 2. The molecule has 0 heterocycles. The smallest absolute Gasteiger partial charge is 0.258 e. The van der Waals surface area contributed by atoms with Gasteiger partial charge < -0.3 is 5.32 Å². The van der Waals surface area contributed by atoms with E-state index in [0.29, 0.717) is 21.8 Å². The Bertz CT molecular complexity index is 769. The number of benzene rings is 2. The molecule has 1 amide bonds. The second-order valence-corrected chi connectivity index (χ2v) is 5.20. The fourth-order valence-corrected chi connectivity index (χ4v) is 2.18. The number of carbonyl (C=O) groups excluding carboxylic acids is 1. The molecule has 0 spiro atoms. The summed E-state index contributed by atoms with van der Waals surface area (Å²) in [6.07, 6.45) is 0. The molecule has 0 saturated heterocycles. The molecule has 0 atom stereocenters. The van der Waals surface area contributed by atoms with E-state index in [4.69, 9.17) is 5.26 Å². The van der Waals surface area contributed by atoms with E-state index in [9.17, 15) is 13.6 Å². The van der Waals surface area contributed by atoms with E-state index < -0.39 is 17.5 Å². The topological polar surface area (TPSA) is 52.9 Å². The summed E-state index contributed by atoms with van der Waals surface area (Å²) in [6, 6.07) is 8.36. The zero-order chi connectivity index (χ0) is 15.6. The minimum absolute atomic E-state index is 0.181. The highest BCUT2D eigenvalue weighted by Gasteiger charge is 2.15. The largest absolute Gasteiger partial charge is 0.321 e. The quantitative estimate of drug-likeness (QED) is 0.883. The van der Waals surface area contributed by atoms with Gasteiger partial charge in [0, 0.05) is 10.5 Å². The van der Waals surface area contributed by atoms with E-state index in [-0.39, 0.29) is 11.1 Å². The van der Waals surface area contributed by atoms with Gasteiger partial charge in [0.05, 0.1) is 22.9 Å². The number of amides is 1. The normalized spacial score (nSPS) is 10.0. The molecule has 2 aromatic rings. The molecule has 0 fully saturated rings. The molecular formula is C15H9BrF2N2O. The minimum atomic E-state index is -0.930. The van der Waals surface area contributed by atoms with E-state index >= 15 is 0 Å².